The van der Waals surface area contributed by atoms with E-state index in [1.807, 2.05) is 17.9 Å². The van der Waals surface area contributed by atoms with E-state index < -0.39 is 0 Å². The Bertz CT molecular complexity index is 559. The van der Waals surface area contributed by atoms with E-state index in [0.717, 1.165) is 43.4 Å². The Morgan fingerprint density at radius 2 is 2.04 bits per heavy atom. The number of hydrogen-bond donors (Lipinski definition) is 1. The number of benzene rings is 1. The number of carbonyl (C=O) groups is 1. The molecule has 134 valence electrons. The summed E-state index contributed by atoms with van der Waals surface area (Å²) in [5.41, 5.74) is 0.633. The predicted molar refractivity (Wildman–Crippen MR) is 99.1 cm³/mol. The van der Waals surface area contributed by atoms with E-state index in [4.69, 9.17) is 9.47 Å². The first-order valence-electron chi connectivity index (χ1n) is 8.64. The van der Waals surface area contributed by atoms with Crippen LogP contribution in [-0.4, -0.2) is 50.2 Å². The van der Waals surface area contributed by atoms with Crippen LogP contribution in [0.4, 0.5) is 0 Å². The van der Waals surface area contributed by atoms with Gasteiger partial charge in [-0.15, -0.1) is 0 Å². The molecule has 1 N–H and O–H groups in total. The highest BCUT2D eigenvalue weighted by Gasteiger charge is 2.27. The molecular weight excluding hydrogens is 372 g/mol. The Hall–Kier alpha value is -1.27. The predicted octanol–water partition coefficient (Wildman–Crippen LogP) is 3.46. The molecule has 1 aliphatic rings. The first-order chi connectivity index (χ1) is 11.6. The lowest BCUT2D eigenvalue weighted by atomic mass is 10.0. The Kier molecular flexibility index (Phi) is 7.37. The van der Waals surface area contributed by atoms with Gasteiger partial charge in [-0.05, 0) is 67.3 Å². The molecule has 0 spiro atoms. The van der Waals surface area contributed by atoms with E-state index >= 15 is 0 Å². The summed E-state index contributed by atoms with van der Waals surface area (Å²) >= 11 is 3.51. The largest absolute Gasteiger partial charge is 0.493 e. The van der Waals surface area contributed by atoms with Gasteiger partial charge in [0.25, 0.3) is 5.91 Å². The second-order valence-electron chi connectivity index (χ2n) is 5.90. The molecule has 1 fully saturated rings. The fraction of sp³-hybridized carbons (Fsp3) is 0.611. The number of rotatable bonds is 7. The maximum atomic E-state index is 13.1. The van der Waals surface area contributed by atoms with Gasteiger partial charge < -0.3 is 19.7 Å². The third kappa shape index (κ3) is 4.42. The number of halogens is 1. The standard InChI is InChI=1S/C18H27BrN2O3/c1-4-10-21(14-6-8-20-9-7-14)18(22)13-11-15(19)17(24-5-2)16(12-13)23-3/h11-12,14,20H,4-10H2,1-3H3. The Balaban J connectivity index is 2.29. The molecule has 1 amide bonds. The van der Waals surface area contributed by atoms with E-state index in [-0.39, 0.29) is 5.91 Å². The fourth-order valence-corrected chi connectivity index (χ4v) is 3.66. The highest BCUT2D eigenvalue weighted by molar-refractivity contribution is 9.10. The van der Waals surface area contributed by atoms with Crippen LogP contribution in [0.5, 0.6) is 11.5 Å². The van der Waals surface area contributed by atoms with Crippen molar-refractivity contribution >= 4 is 21.8 Å². The minimum absolute atomic E-state index is 0.0609. The van der Waals surface area contributed by atoms with Gasteiger partial charge in [-0.1, -0.05) is 6.92 Å². The van der Waals surface area contributed by atoms with Crippen LogP contribution in [0, 0.1) is 0 Å². The topological polar surface area (TPSA) is 50.8 Å². The van der Waals surface area contributed by atoms with E-state index in [0.29, 0.717) is 29.7 Å². The molecule has 1 aliphatic heterocycles. The van der Waals surface area contributed by atoms with Gasteiger partial charge in [0.2, 0.25) is 0 Å². The molecule has 1 aromatic carbocycles. The van der Waals surface area contributed by atoms with E-state index in [1.54, 1.807) is 13.2 Å². The summed E-state index contributed by atoms with van der Waals surface area (Å²) in [5, 5.41) is 3.36. The molecule has 5 nitrogen and oxygen atoms in total. The summed E-state index contributed by atoms with van der Waals surface area (Å²) < 4.78 is 11.8. The summed E-state index contributed by atoms with van der Waals surface area (Å²) in [6.07, 6.45) is 2.95. The highest BCUT2D eigenvalue weighted by atomic mass is 79.9. The Morgan fingerprint density at radius 3 is 2.62 bits per heavy atom. The van der Waals surface area contributed by atoms with Crippen molar-refractivity contribution in [3.05, 3.63) is 22.2 Å². The van der Waals surface area contributed by atoms with Gasteiger partial charge >= 0.3 is 0 Å². The van der Waals surface area contributed by atoms with Gasteiger partial charge in [0.05, 0.1) is 18.2 Å². The number of piperidine rings is 1. The number of amides is 1. The van der Waals surface area contributed by atoms with Crippen molar-refractivity contribution < 1.29 is 14.3 Å². The Morgan fingerprint density at radius 1 is 1.33 bits per heavy atom. The van der Waals surface area contributed by atoms with Crippen molar-refractivity contribution in [2.24, 2.45) is 0 Å². The quantitative estimate of drug-likeness (QED) is 0.763. The van der Waals surface area contributed by atoms with Crippen LogP contribution >= 0.6 is 15.9 Å². The summed E-state index contributed by atoms with van der Waals surface area (Å²) in [7, 11) is 1.59. The van der Waals surface area contributed by atoms with Crippen molar-refractivity contribution in [1.82, 2.24) is 10.2 Å². The molecule has 0 aromatic heterocycles. The third-order valence-corrected chi connectivity index (χ3v) is 4.83. The first kappa shape index (κ1) is 19.1. The number of carbonyl (C=O) groups excluding carboxylic acids is 1. The molecule has 1 saturated heterocycles. The van der Waals surface area contributed by atoms with Gasteiger partial charge in [-0.25, -0.2) is 0 Å². The number of methoxy groups -OCH3 is 1. The lowest BCUT2D eigenvalue weighted by Crippen LogP contribution is -2.46. The smallest absolute Gasteiger partial charge is 0.254 e. The summed E-state index contributed by atoms with van der Waals surface area (Å²) in [4.78, 5) is 15.1. The molecule has 2 rings (SSSR count). The molecule has 0 aliphatic carbocycles. The normalized spacial score (nSPS) is 15.2. The molecule has 24 heavy (non-hydrogen) atoms. The molecule has 0 atom stereocenters. The summed E-state index contributed by atoms with van der Waals surface area (Å²) in [6.45, 7) is 7.28. The zero-order valence-corrected chi connectivity index (χ0v) is 16.3. The zero-order chi connectivity index (χ0) is 17.5. The van der Waals surface area contributed by atoms with Crippen LogP contribution in [0.25, 0.3) is 0 Å². The monoisotopic (exact) mass is 398 g/mol. The van der Waals surface area contributed by atoms with Crippen LogP contribution < -0.4 is 14.8 Å². The minimum atomic E-state index is 0.0609. The SMILES string of the molecule is CCCN(C(=O)c1cc(Br)c(OCC)c(OC)c1)C1CCNCC1. The average Bonchev–Trinajstić information content (AvgIpc) is 2.61. The molecule has 0 bridgehead atoms. The van der Waals surface area contributed by atoms with Gasteiger partial charge in [0.1, 0.15) is 0 Å². The number of nitrogens with zero attached hydrogens (tertiary/aromatic N) is 1. The average molecular weight is 399 g/mol. The first-order valence-corrected chi connectivity index (χ1v) is 9.43. The van der Waals surface area contributed by atoms with Crippen LogP contribution in [0.15, 0.2) is 16.6 Å². The maximum absolute atomic E-state index is 13.1. The second kappa shape index (κ2) is 9.28. The zero-order valence-electron chi connectivity index (χ0n) is 14.7. The molecule has 0 unspecified atom stereocenters. The van der Waals surface area contributed by atoms with Gasteiger partial charge in [-0.3, -0.25) is 4.79 Å². The molecular formula is C18H27BrN2O3. The summed E-state index contributed by atoms with van der Waals surface area (Å²) in [6, 6.07) is 3.91. The van der Waals surface area contributed by atoms with Crippen LogP contribution in [0.2, 0.25) is 0 Å². The minimum Gasteiger partial charge on any atom is -0.493 e. The lowest BCUT2D eigenvalue weighted by molar-refractivity contribution is 0.0642. The van der Waals surface area contributed by atoms with E-state index in [2.05, 4.69) is 28.2 Å². The second-order valence-corrected chi connectivity index (χ2v) is 6.76. The lowest BCUT2D eigenvalue weighted by Gasteiger charge is -2.34. The maximum Gasteiger partial charge on any atom is 0.254 e. The third-order valence-electron chi connectivity index (χ3n) is 4.24. The fourth-order valence-electron chi connectivity index (χ4n) is 3.10. The molecule has 1 aromatic rings. The molecule has 0 radical (unpaired) electrons. The van der Waals surface area contributed by atoms with Gasteiger partial charge in [0, 0.05) is 18.2 Å². The van der Waals surface area contributed by atoms with Crippen LogP contribution in [0.1, 0.15) is 43.5 Å². The van der Waals surface area contributed by atoms with Gasteiger partial charge in [0.15, 0.2) is 11.5 Å². The number of hydrogen-bond acceptors (Lipinski definition) is 4. The van der Waals surface area contributed by atoms with E-state index in [1.165, 1.54) is 0 Å². The van der Waals surface area contributed by atoms with Crippen LogP contribution in [-0.2, 0) is 0 Å². The van der Waals surface area contributed by atoms with Crippen molar-refractivity contribution in [1.29, 1.82) is 0 Å². The van der Waals surface area contributed by atoms with Crippen LogP contribution in [0.3, 0.4) is 0 Å². The van der Waals surface area contributed by atoms with Crippen molar-refractivity contribution in [2.45, 2.75) is 39.2 Å². The van der Waals surface area contributed by atoms with Crippen molar-refractivity contribution in [3.63, 3.8) is 0 Å². The van der Waals surface area contributed by atoms with Gasteiger partial charge in [-0.2, -0.15) is 0 Å². The molecule has 6 heteroatoms. The molecule has 1 heterocycles. The Labute approximate surface area is 152 Å². The highest BCUT2D eigenvalue weighted by Crippen LogP contribution is 2.37. The number of nitrogens with one attached hydrogen (secondary N) is 1. The van der Waals surface area contributed by atoms with Crippen molar-refractivity contribution in [2.75, 3.05) is 33.4 Å². The van der Waals surface area contributed by atoms with E-state index in [9.17, 15) is 4.79 Å². The summed E-state index contributed by atoms with van der Waals surface area (Å²) in [5.74, 6) is 1.28. The molecule has 0 saturated carbocycles. The number of ether oxygens (including phenoxy) is 2. The van der Waals surface area contributed by atoms with Crippen molar-refractivity contribution in [3.8, 4) is 11.5 Å².